The predicted octanol–water partition coefficient (Wildman–Crippen LogP) is 4.66. The van der Waals surface area contributed by atoms with E-state index in [1.165, 1.54) is 24.5 Å². The van der Waals surface area contributed by atoms with Crippen LogP contribution in [0.4, 0.5) is 0 Å². The molecule has 8 heteroatoms. The van der Waals surface area contributed by atoms with Gasteiger partial charge in [-0.05, 0) is 37.1 Å². The number of hydrogen-bond acceptors (Lipinski definition) is 6. The topological polar surface area (TPSA) is 89.3 Å². The second-order valence-corrected chi connectivity index (χ2v) is 10.4. The summed E-state index contributed by atoms with van der Waals surface area (Å²) in [5.41, 5.74) is 3.44. The zero-order chi connectivity index (χ0) is 22.6. The minimum Gasteiger partial charge on any atom is -0.459 e. The molecule has 2 heterocycles. The van der Waals surface area contributed by atoms with Crippen LogP contribution >= 0.6 is 11.3 Å². The number of amides is 1. The van der Waals surface area contributed by atoms with E-state index in [0.29, 0.717) is 18.5 Å². The van der Waals surface area contributed by atoms with Crippen LogP contribution in [0.5, 0.6) is 0 Å². The molecule has 0 radical (unpaired) electrons. The van der Waals surface area contributed by atoms with Crippen molar-refractivity contribution in [3.63, 3.8) is 0 Å². The zero-order valence-corrected chi connectivity index (χ0v) is 19.1. The number of thiazole rings is 1. The van der Waals surface area contributed by atoms with Crippen molar-refractivity contribution in [2.45, 2.75) is 24.0 Å². The lowest BCUT2D eigenvalue weighted by Gasteiger charge is -2.07. The number of aryl methyl sites for hydroxylation is 1. The van der Waals surface area contributed by atoms with Crippen LogP contribution in [0.2, 0.25) is 0 Å². The zero-order valence-electron chi connectivity index (χ0n) is 17.4. The highest BCUT2D eigenvalue weighted by molar-refractivity contribution is 7.90. The second kappa shape index (κ2) is 9.50. The number of nitrogens with zero attached hydrogens (tertiary/aromatic N) is 1. The molecule has 0 unspecified atom stereocenters. The molecular formula is C24H22N2O4S2. The molecule has 0 bridgehead atoms. The van der Waals surface area contributed by atoms with Gasteiger partial charge in [0.1, 0.15) is 0 Å². The highest BCUT2D eigenvalue weighted by Crippen LogP contribution is 2.22. The fourth-order valence-corrected chi connectivity index (χ4v) is 5.30. The van der Waals surface area contributed by atoms with Crippen molar-refractivity contribution in [3.8, 4) is 11.3 Å². The Kier molecular flexibility index (Phi) is 6.53. The molecule has 6 nitrogen and oxygen atoms in total. The van der Waals surface area contributed by atoms with Crippen molar-refractivity contribution in [1.29, 1.82) is 0 Å². The first-order valence-electron chi connectivity index (χ1n) is 10.1. The van der Waals surface area contributed by atoms with E-state index >= 15 is 0 Å². The number of benzene rings is 2. The summed E-state index contributed by atoms with van der Waals surface area (Å²) < 4.78 is 30.6. The smallest absolute Gasteiger partial charge is 0.287 e. The van der Waals surface area contributed by atoms with E-state index < -0.39 is 15.7 Å². The van der Waals surface area contributed by atoms with E-state index in [4.69, 9.17) is 4.42 Å². The van der Waals surface area contributed by atoms with Crippen LogP contribution in [0.3, 0.4) is 0 Å². The maximum Gasteiger partial charge on any atom is 0.287 e. The van der Waals surface area contributed by atoms with Gasteiger partial charge in [0.25, 0.3) is 5.91 Å². The van der Waals surface area contributed by atoms with Gasteiger partial charge >= 0.3 is 0 Å². The molecule has 0 aliphatic rings. The summed E-state index contributed by atoms with van der Waals surface area (Å²) in [6, 6.07) is 17.8. The largest absolute Gasteiger partial charge is 0.459 e. The third-order valence-electron chi connectivity index (χ3n) is 4.97. The van der Waals surface area contributed by atoms with Gasteiger partial charge in [0.2, 0.25) is 0 Å². The summed E-state index contributed by atoms with van der Waals surface area (Å²) in [5.74, 6) is -0.699. The van der Waals surface area contributed by atoms with Gasteiger partial charge in [0, 0.05) is 23.1 Å². The summed E-state index contributed by atoms with van der Waals surface area (Å²) in [7, 11) is -3.57. The lowest BCUT2D eigenvalue weighted by molar-refractivity contribution is 0.0925. The first-order chi connectivity index (χ1) is 15.4. The van der Waals surface area contributed by atoms with Crippen LogP contribution in [0.1, 0.15) is 26.7 Å². The average Bonchev–Trinajstić information content (AvgIpc) is 3.43. The van der Waals surface area contributed by atoms with E-state index in [-0.39, 0.29) is 16.4 Å². The molecule has 0 aliphatic heterocycles. The molecule has 1 amide bonds. The van der Waals surface area contributed by atoms with Crippen LogP contribution < -0.4 is 5.32 Å². The third-order valence-corrected chi connectivity index (χ3v) is 7.42. The van der Waals surface area contributed by atoms with Gasteiger partial charge in [-0.1, -0.05) is 42.5 Å². The third kappa shape index (κ3) is 5.15. The molecule has 4 aromatic rings. The summed E-state index contributed by atoms with van der Waals surface area (Å²) in [6.45, 7) is 2.38. The van der Waals surface area contributed by atoms with Gasteiger partial charge in [0.15, 0.2) is 15.6 Å². The molecule has 2 aromatic carbocycles. The number of aromatic nitrogens is 1. The Morgan fingerprint density at radius 2 is 1.81 bits per heavy atom. The summed E-state index contributed by atoms with van der Waals surface area (Å²) in [6.07, 6.45) is 1.98. The van der Waals surface area contributed by atoms with Gasteiger partial charge in [0.05, 0.1) is 27.6 Å². The molecule has 164 valence electrons. The highest BCUT2D eigenvalue weighted by atomic mass is 32.2. The summed E-state index contributed by atoms with van der Waals surface area (Å²) in [4.78, 5) is 17.3. The Bertz CT molecular complexity index is 1310. The van der Waals surface area contributed by atoms with Crippen LogP contribution in [-0.4, -0.2) is 25.9 Å². The van der Waals surface area contributed by atoms with Crippen molar-refractivity contribution in [3.05, 3.63) is 94.2 Å². The van der Waals surface area contributed by atoms with Crippen molar-refractivity contribution in [2.75, 3.05) is 6.54 Å². The van der Waals surface area contributed by atoms with Gasteiger partial charge in [-0.2, -0.15) is 0 Å². The van der Waals surface area contributed by atoms with E-state index in [9.17, 15) is 13.2 Å². The summed E-state index contributed by atoms with van der Waals surface area (Å²) in [5, 5.41) is 5.87. The maximum absolute atomic E-state index is 12.6. The van der Waals surface area contributed by atoms with E-state index in [1.54, 1.807) is 29.5 Å². The predicted molar refractivity (Wildman–Crippen MR) is 124 cm³/mol. The fourth-order valence-electron chi connectivity index (χ4n) is 3.30. The molecule has 0 aliphatic carbocycles. The molecule has 2 aromatic heterocycles. The Morgan fingerprint density at radius 3 is 2.50 bits per heavy atom. The first kappa shape index (κ1) is 22.0. The standard InChI is InChI=1S/C24H22N2O4S2/c1-17-26-22(15-31-17)19-9-7-18(8-10-19)11-13-25-24(27)23-20(12-14-30-23)16-32(28,29)21-5-3-2-4-6-21/h2-10,12,14-15H,11,13,16H2,1H3,(H,25,27). The van der Waals surface area contributed by atoms with Crippen molar-refractivity contribution < 1.29 is 17.6 Å². The van der Waals surface area contributed by atoms with Crippen LogP contribution in [0.25, 0.3) is 11.3 Å². The van der Waals surface area contributed by atoms with Gasteiger partial charge in [-0.3, -0.25) is 4.79 Å². The van der Waals surface area contributed by atoms with Gasteiger partial charge < -0.3 is 9.73 Å². The highest BCUT2D eigenvalue weighted by Gasteiger charge is 2.22. The minimum absolute atomic E-state index is 0.0266. The number of nitrogens with one attached hydrogen (secondary N) is 1. The summed E-state index contributed by atoms with van der Waals surface area (Å²) >= 11 is 1.62. The Hall–Kier alpha value is -3.23. The van der Waals surface area contributed by atoms with E-state index in [2.05, 4.69) is 10.3 Å². The van der Waals surface area contributed by atoms with E-state index in [1.807, 2.05) is 36.6 Å². The number of carbonyl (C=O) groups is 1. The van der Waals surface area contributed by atoms with E-state index in [0.717, 1.165) is 21.8 Å². The SMILES string of the molecule is Cc1nc(-c2ccc(CCNC(=O)c3occc3CS(=O)(=O)c3ccccc3)cc2)cs1. The fraction of sp³-hybridized carbons (Fsp3) is 0.167. The minimum atomic E-state index is -3.57. The van der Waals surface area contributed by atoms with Crippen LogP contribution in [-0.2, 0) is 22.0 Å². The average molecular weight is 467 g/mol. The molecule has 32 heavy (non-hydrogen) atoms. The van der Waals surface area contributed by atoms with Crippen LogP contribution in [0, 0.1) is 6.92 Å². The number of furan rings is 1. The van der Waals surface area contributed by atoms with Gasteiger partial charge in [-0.15, -0.1) is 11.3 Å². The normalized spacial score (nSPS) is 11.4. The Balaban J connectivity index is 1.35. The molecule has 0 saturated heterocycles. The van der Waals surface area contributed by atoms with Crippen molar-refractivity contribution in [1.82, 2.24) is 10.3 Å². The quantitative estimate of drug-likeness (QED) is 0.408. The molecular weight excluding hydrogens is 444 g/mol. The monoisotopic (exact) mass is 466 g/mol. The lowest BCUT2D eigenvalue weighted by Crippen LogP contribution is -2.26. The number of carbonyl (C=O) groups excluding carboxylic acids is 1. The number of hydrogen-bond donors (Lipinski definition) is 1. The molecule has 0 saturated carbocycles. The Labute approximate surface area is 190 Å². The molecule has 0 fully saturated rings. The molecule has 1 N–H and O–H groups in total. The number of sulfone groups is 1. The maximum atomic E-state index is 12.6. The van der Waals surface area contributed by atoms with Crippen molar-refractivity contribution in [2.24, 2.45) is 0 Å². The number of rotatable bonds is 8. The molecule has 4 rings (SSSR count). The van der Waals surface area contributed by atoms with Crippen LogP contribution in [0.15, 0.2) is 81.6 Å². The van der Waals surface area contributed by atoms with Gasteiger partial charge in [-0.25, -0.2) is 13.4 Å². The van der Waals surface area contributed by atoms with Crippen molar-refractivity contribution >= 4 is 27.1 Å². The molecule has 0 spiro atoms. The first-order valence-corrected chi connectivity index (χ1v) is 12.6. The Morgan fingerprint density at radius 1 is 1.06 bits per heavy atom. The second-order valence-electron chi connectivity index (χ2n) is 7.30. The molecule has 0 atom stereocenters. The lowest BCUT2D eigenvalue weighted by atomic mass is 10.1.